The molecule has 0 saturated carbocycles. The Kier molecular flexibility index (Phi) is 6.04. The van der Waals surface area contributed by atoms with Crippen molar-refractivity contribution < 1.29 is 24.2 Å². The average molecular weight is 339 g/mol. The molecule has 5 atom stereocenters. The molecule has 6 heteroatoms. The zero-order valence-electron chi connectivity index (χ0n) is 15.2. The van der Waals surface area contributed by atoms with Crippen molar-refractivity contribution >= 4 is 11.9 Å². The molecule has 0 unspecified atom stereocenters. The fraction of sp³-hybridized carbons (Fsp3) is 0.778. The van der Waals surface area contributed by atoms with Gasteiger partial charge in [-0.2, -0.15) is 0 Å². The minimum absolute atomic E-state index is 0.126. The highest BCUT2D eigenvalue weighted by atomic mass is 16.6. The number of carbonyl (C=O) groups excluding carboxylic acids is 2. The number of carbonyl (C=O) groups is 2. The van der Waals surface area contributed by atoms with Gasteiger partial charge in [-0.3, -0.25) is 9.69 Å². The quantitative estimate of drug-likeness (QED) is 0.606. The lowest BCUT2D eigenvalue weighted by atomic mass is 10.00. The maximum Gasteiger partial charge on any atom is 0.333 e. The topological polar surface area (TPSA) is 76.1 Å². The predicted octanol–water partition coefficient (Wildman–Crippen LogP) is 1.66. The number of rotatable bonds is 5. The number of allylic oxidation sites excluding steroid dienone is 1. The summed E-state index contributed by atoms with van der Waals surface area (Å²) < 4.78 is 11.1. The predicted molar refractivity (Wildman–Crippen MR) is 89.2 cm³/mol. The van der Waals surface area contributed by atoms with Gasteiger partial charge in [-0.05, 0) is 26.8 Å². The molecule has 2 rings (SSSR count). The van der Waals surface area contributed by atoms with Crippen LogP contribution < -0.4 is 0 Å². The van der Waals surface area contributed by atoms with E-state index in [0.717, 1.165) is 0 Å². The number of hydrogen-bond donors (Lipinski definition) is 1. The minimum atomic E-state index is -0.748. The zero-order chi connectivity index (χ0) is 18.0. The zero-order valence-corrected chi connectivity index (χ0v) is 15.2. The van der Waals surface area contributed by atoms with Crippen molar-refractivity contribution in [3.63, 3.8) is 0 Å². The van der Waals surface area contributed by atoms with Gasteiger partial charge in [-0.15, -0.1) is 0 Å². The van der Waals surface area contributed by atoms with Crippen molar-refractivity contribution in [2.45, 2.75) is 77.4 Å². The molecule has 2 aliphatic heterocycles. The van der Waals surface area contributed by atoms with E-state index < -0.39 is 12.2 Å². The summed E-state index contributed by atoms with van der Waals surface area (Å²) in [6.45, 7) is 7.42. The first-order chi connectivity index (χ1) is 11.2. The summed E-state index contributed by atoms with van der Waals surface area (Å²) in [6, 6.07) is -0.289. The molecule has 136 valence electrons. The van der Waals surface area contributed by atoms with E-state index in [-0.39, 0.29) is 36.0 Å². The lowest BCUT2D eigenvalue weighted by Crippen LogP contribution is -2.46. The van der Waals surface area contributed by atoms with E-state index in [1.807, 2.05) is 25.8 Å². The second-order valence-corrected chi connectivity index (χ2v) is 7.31. The van der Waals surface area contributed by atoms with E-state index >= 15 is 0 Å². The number of fused-ring (bicyclic) bond motifs is 2. The normalized spacial score (nSPS) is 33.6. The Morgan fingerprint density at radius 3 is 2.46 bits per heavy atom. The summed E-state index contributed by atoms with van der Waals surface area (Å²) in [6.07, 6.45) is 1.60. The highest BCUT2D eigenvalue weighted by Gasteiger charge is 2.53. The van der Waals surface area contributed by atoms with Crippen LogP contribution in [0.2, 0.25) is 0 Å². The molecule has 0 aromatic rings. The van der Waals surface area contributed by atoms with Gasteiger partial charge in [-0.25, -0.2) is 4.79 Å². The van der Waals surface area contributed by atoms with Gasteiger partial charge >= 0.3 is 11.9 Å². The fourth-order valence-corrected chi connectivity index (χ4v) is 3.55. The number of aliphatic hydroxyl groups excluding tert-OH is 1. The molecule has 2 heterocycles. The van der Waals surface area contributed by atoms with E-state index in [4.69, 9.17) is 9.47 Å². The number of ether oxygens (including phenoxy) is 2. The minimum Gasteiger partial charge on any atom is -0.459 e. The molecule has 2 fully saturated rings. The Morgan fingerprint density at radius 1 is 1.25 bits per heavy atom. The summed E-state index contributed by atoms with van der Waals surface area (Å²) in [5.74, 6) is -0.395. The highest BCUT2D eigenvalue weighted by Crippen LogP contribution is 2.38. The van der Waals surface area contributed by atoms with Crippen molar-refractivity contribution in [2.75, 3.05) is 7.05 Å². The number of esters is 2. The van der Waals surface area contributed by atoms with Crippen LogP contribution in [0.1, 0.15) is 47.0 Å². The number of piperidine rings is 1. The first-order valence-electron chi connectivity index (χ1n) is 8.68. The molecular formula is C18H29NO5. The van der Waals surface area contributed by atoms with Crippen molar-refractivity contribution in [3.8, 4) is 0 Å². The molecule has 0 aromatic heterocycles. The van der Waals surface area contributed by atoms with E-state index in [1.54, 1.807) is 19.9 Å². The highest BCUT2D eigenvalue weighted by molar-refractivity contribution is 5.87. The molecule has 0 radical (unpaired) electrons. The first-order valence-corrected chi connectivity index (χ1v) is 8.68. The maximum absolute atomic E-state index is 12.0. The Bertz CT molecular complexity index is 516. The Hall–Kier alpha value is -1.40. The standard InChI is InChI=1S/C18H29NO5/c1-6-11(4)18(22)23-12-8-13-16(21)17(14(9-12)19(13)5)24-15(20)7-10(2)3/h6,10,12-14,16-17,21H,7-9H2,1-5H3/b11-6+/t12-,13-,14+,16-,17+/m1/s1. The summed E-state index contributed by atoms with van der Waals surface area (Å²) in [5, 5.41) is 10.5. The molecule has 2 bridgehead atoms. The molecule has 2 aliphatic rings. The first kappa shape index (κ1) is 18.9. The molecule has 0 spiro atoms. The monoisotopic (exact) mass is 339 g/mol. The molecule has 2 saturated heterocycles. The number of aliphatic hydroxyl groups is 1. The van der Waals surface area contributed by atoms with E-state index in [1.165, 1.54) is 0 Å². The van der Waals surface area contributed by atoms with Crippen LogP contribution >= 0.6 is 0 Å². The van der Waals surface area contributed by atoms with E-state index in [0.29, 0.717) is 24.8 Å². The third-order valence-corrected chi connectivity index (χ3v) is 5.04. The number of likely N-dealkylation sites (N-methyl/N-ethyl adjacent to an activating group) is 1. The lowest BCUT2D eigenvalue weighted by Gasteiger charge is -2.36. The molecule has 24 heavy (non-hydrogen) atoms. The van der Waals surface area contributed by atoms with Crippen molar-refractivity contribution in [1.82, 2.24) is 4.90 Å². The van der Waals surface area contributed by atoms with Crippen LogP contribution in [-0.4, -0.2) is 59.4 Å². The number of nitrogens with zero attached hydrogens (tertiary/aromatic N) is 1. The third kappa shape index (κ3) is 3.98. The third-order valence-electron chi connectivity index (χ3n) is 5.04. The molecule has 1 N–H and O–H groups in total. The van der Waals surface area contributed by atoms with Crippen molar-refractivity contribution in [2.24, 2.45) is 5.92 Å². The summed E-state index contributed by atoms with van der Waals surface area (Å²) >= 11 is 0. The summed E-state index contributed by atoms with van der Waals surface area (Å²) in [7, 11) is 1.92. The lowest BCUT2D eigenvalue weighted by molar-refractivity contribution is -0.156. The Balaban J connectivity index is 2.03. The van der Waals surface area contributed by atoms with Gasteiger partial charge in [0.05, 0.1) is 6.04 Å². The van der Waals surface area contributed by atoms with Gasteiger partial charge in [0.1, 0.15) is 18.3 Å². The van der Waals surface area contributed by atoms with Gasteiger partial charge in [-0.1, -0.05) is 19.9 Å². The molecular weight excluding hydrogens is 310 g/mol. The van der Waals surface area contributed by atoms with Gasteiger partial charge in [0.25, 0.3) is 0 Å². The van der Waals surface area contributed by atoms with Crippen LogP contribution in [0.5, 0.6) is 0 Å². The van der Waals surface area contributed by atoms with E-state index in [9.17, 15) is 14.7 Å². The van der Waals surface area contributed by atoms with Crippen LogP contribution in [-0.2, 0) is 19.1 Å². The Labute approximate surface area is 143 Å². The van der Waals surface area contributed by atoms with Crippen LogP contribution in [0.4, 0.5) is 0 Å². The summed E-state index contributed by atoms with van der Waals surface area (Å²) in [5.41, 5.74) is 0.571. The van der Waals surface area contributed by atoms with Crippen LogP contribution in [0, 0.1) is 5.92 Å². The fourth-order valence-electron chi connectivity index (χ4n) is 3.55. The van der Waals surface area contributed by atoms with Crippen molar-refractivity contribution in [1.29, 1.82) is 0 Å². The van der Waals surface area contributed by atoms with E-state index in [2.05, 4.69) is 0 Å². The van der Waals surface area contributed by atoms with Crippen LogP contribution in [0.25, 0.3) is 0 Å². The second-order valence-electron chi connectivity index (χ2n) is 7.31. The second kappa shape index (κ2) is 7.66. The molecule has 0 aromatic carbocycles. The average Bonchev–Trinajstić information content (AvgIpc) is 2.64. The summed E-state index contributed by atoms with van der Waals surface area (Å²) in [4.78, 5) is 26.0. The number of hydrogen-bond acceptors (Lipinski definition) is 6. The molecule has 6 nitrogen and oxygen atoms in total. The molecule has 0 amide bonds. The largest absolute Gasteiger partial charge is 0.459 e. The van der Waals surface area contributed by atoms with Crippen molar-refractivity contribution in [3.05, 3.63) is 11.6 Å². The van der Waals surface area contributed by atoms with Gasteiger partial charge in [0, 0.05) is 30.9 Å². The Morgan fingerprint density at radius 2 is 1.88 bits per heavy atom. The maximum atomic E-state index is 12.0. The van der Waals surface area contributed by atoms with Crippen LogP contribution in [0.3, 0.4) is 0 Å². The SMILES string of the molecule is C/C=C(\C)C(=O)O[C@@H]1C[C@@H]2[C@@H](O)[C@@H](OC(=O)CC(C)C)[C@H](C1)N2C. The van der Waals surface area contributed by atoms with Gasteiger partial charge in [0.15, 0.2) is 0 Å². The van der Waals surface area contributed by atoms with Crippen LogP contribution in [0.15, 0.2) is 11.6 Å². The van der Waals surface area contributed by atoms with Gasteiger partial charge in [0.2, 0.25) is 0 Å². The van der Waals surface area contributed by atoms with Gasteiger partial charge < -0.3 is 14.6 Å². The molecule has 0 aliphatic carbocycles. The smallest absolute Gasteiger partial charge is 0.333 e.